The number of imidazole rings is 1. The number of aliphatic carboxylic acids is 1. The van der Waals surface area contributed by atoms with Gasteiger partial charge in [-0.3, -0.25) is 0 Å². The summed E-state index contributed by atoms with van der Waals surface area (Å²) in [5.74, 6) is -0.793. The Bertz CT molecular complexity index is 390. The van der Waals surface area contributed by atoms with Gasteiger partial charge in [0.15, 0.2) is 0 Å². The van der Waals surface area contributed by atoms with Crippen molar-refractivity contribution in [2.75, 3.05) is 0 Å². The van der Waals surface area contributed by atoms with Crippen LogP contribution in [0.15, 0.2) is 42.5 Å². The Hall–Kier alpha value is -1.84. The highest BCUT2D eigenvalue weighted by Crippen LogP contribution is 2.34. The average molecular weight is 234 g/mol. The van der Waals surface area contributed by atoms with Gasteiger partial charge in [0, 0.05) is 18.0 Å². The van der Waals surface area contributed by atoms with Crippen LogP contribution in [0.5, 0.6) is 0 Å². The normalized spacial score (nSPS) is 22.4. The number of nitrogens with zero attached hydrogens (tertiary/aromatic N) is 1. The minimum absolute atomic E-state index is 0.0441. The molecular formula is C13H18N2O2. The number of carbonyl (C=O) groups is 1. The van der Waals surface area contributed by atoms with Crippen LogP contribution in [0.4, 0.5) is 0 Å². The number of aromatic amines is 1. The van der Waals surface area contributed by atoms with Crippen molar-refractivity contribution >= 4 is 5.97 Å². The van der Waals surface area contributed by atoms with Gasteiger partial charge in [-0.05, 0) is 18.3 Å². The van der Waals surface area contributed by atoms with Crippen LogP contribution in [0.25, 0.3) is 0 Å². The second kappa shape index (κ2) is 6.03. The summed E-state index contributed by atoms with van der Waals surface area (Å²) in [6, 6.07) is 0. The van der Waals surface area contributed by atoms with E-state index >= 15 is 0 Å². The first-order valence-electron chi connectivity index (χ1n) is 5.62. The molecule has 1 aliphatic carbocycles. The second-order valence-electron chi connectivity index (χ2n) is 4.30. The largest absolute Gasteiger partial charge is 0.478 e. The van der Waals surface area contributed by atoms with E-state index in [1.807, 2.05) is 6.08 Å². The van der Waals surface area contributed by atoms with E-state index in [9.17, 15) is 4.79 Å². The van der Waals surface area contributed by atoms with Gasteiger partial charge in [0.2, 0.25) is 0 Å². The summed E-state index contributed by atoms with van der Waals surface area (Å²) in [6.07, 6.45) is 12.3. The van der Waals surface area contributed by atoms with Crippen molar-refractivity contribution in [2.45, 2.75) is 26.7 Å². The molecule has 0 spiro atoms. The maximum absolute atomic E-state index is 10.7. The van der Waals surface area contributed by atoms with Gasteiger partial charge in [-0.2, -0.15) is 0 Å². The molecule has 0 fully saturated rings. The van der Waals surface area contributed by atoms with Crippen LogP contribution in [-0.4, -0.2) is 21.0 Å². The summed E-state index contributed by atoms with van der Waals surface area (Å²) in [6.45, 7) is 4.16. The summed E-state index contributed by atoms with van der Waals surface area (Å²) < 4.78 is 0. The van der Waals surface area contributed by atoms with Crippen molar-refractivity contribution in [1.82, 2.24) is 9.97 Å². The number of carboxylic acid groups (broad SMARTS) is 1. The zero-order valence-corrected chi connectivity index (χ0v) is 10.2. The number of nitrogens with one attached hydrogen (secondary N) is 1. The number of carboxylic acids is 1. The lowest BCUT2D eigenvalue weighted by atomic mass is 9.78. The third kappa shape index (κ3) is 4.26. The van der Waals surface area contributed by atoms with Crippen LogP contribution in [0, 0.1) is 5.41 Å². The van der Waals surface area contributed by atoms with Crippen LogP contribution in [0.2, 0.25) is 0 Å². The quantitative estimate of drug-likeness (QED) is 0.826. The van der Waals surface area contributed by atoms with Crippen molar-refractivity contribution in [3.8, 4) is 0 Å². The summed E-state index contributed by atoms with van der Waals surface area (Å²) in [5, 5.41) is 8.76. The lowest BCUT2D eigenvalue weighted by Crippen LogP contribution is -2.18. The molecule has 2 rings (SSSR count). The molecule has 0 aliphatic heterocycles. The van der Waals surface area contributed by atoms with E-state index in [4.69, 9.17) is 5.11 Å². The van der Waals surface area contributed by atoms with Crippen LogP contribution in [0.3, 0.4) is 0 Å². The average Bonchev–Trinajstić information content (AvgIpc) is 2.88. The minimum Gasteiger partial charge on any atom is -0.478 e. The smallest absolute Gasteiger partial charge is 0.331 e. The van der Waals surface area contributed by atoms with Crippen molar-refractivity contribution < 1.29 is 9.90 Å². The van der Waals surface area contributed by atoms with Gasteiger partial charge in [-0.25, -0.2) is 9.78 Å². The molecule has 4 nitrogen and oxygen atoms in total. The van der Waals surface area contributed by atoms with E-state index < -0.39 is 5.97 Å². The lowest BCUT2D eigenvalue weighted by molar-refractivity contribution is -0.133. The zero-order valence-electron chi connectivity index (χ0n) is 10.2. The summed E-state index contributed by atoms with van der Waals surface area (Å²) >= 11 is 0. The fourth-order valence-electron chi connectivity index (χ4n) is 1.55. The molecule has 4 heteroatoms. The van der Waals surface area contributed by atoms with Gasteiger partial charge >= 0.3 is 5.97 Å². The third-order valence-electron chi connectivity index (χ3n) is 2.88. The van der Waals surface area contributed by atoms with Crippen molar-refractivity contribution in [1.29, 1.82) is 0 Å². The minimum atomic E-state index is -0.793. The van der Waals surface area contributed by atoms with Crippen LogP contribution in [-0.2, 0) is 4.79 Å². The molecule has 2 N–H and O–H groups in total. The van der Waals surface area contributed by atoms with E-state index in [-0.39, 0.29) is 5.41 Å². The van der Waals surface area contributed by atoms with Crippen LogP contribution >= 0.6 is 0 Å². The summed E-state index contributed by atoms with van der Waals surface area (Å²) in [5.41, 5.74) is 0.560. The second-order valence-corrected chi connectivity index (χ2v) is 4.30. The molecular weight excluding hydrogens is 216 g/mol. The Labute approximate surface area is 101 Å². The lowest BCUT2D eigenvalue weighted by Gasteiger charge is -2.26. The van der Waals surface area contributed by atoms with E-state index in [1.54, 1.807) is 24.8 Å². The van der Waals surface area contributed by atoms with Crippen molar-refractivity contribution in [3.05, 3.63) is 42.5 Å². The molecule has 0 aromatic carbocycles. The molecule has 0 radical (unpaired) electrons. The number of allylic oxidation sites excluding steroid dienone is 3. The highest BCUT2D eigenvalue weighted by molar-refractivity contribution is 5.87. The van der Waals surface area contributed by atoms with Gasteiger partial charge in [0.05, 0.1) is 6.33 Å². The number of H-pyrrole nitrogens is 1. The first-order chi connectivity index (χ1) is 8.07. The number of rotatable bonds is 2. The van der Waals surface area contributed by atoms with E-state index in [2.05, 4.69) is 29.9 Å². The van der Waals surface area contributed by atoms with Gasteiger partial charge in [-0.1, -0.05) is 32.1 Å². The number of hydrogen-bond acceptors (Lipinski definition) is 2. The standard InChI is InChI=1S/C10H14O2.C3H4N2/c1-3-10(2)6-4-5-8(7-10)9(11)12;1-2-5-3-4-1/h4-6H,3,7H2,1-2H3,(H,11,12);1-3H,(H,4,5). The molecule has 17 heavy (non-hydrogen) atoms. The summed E-state index contributed by atoms with van der Waals surface area (Å²) in [4.78, 5) is 17.1. The molecule has 1 heterocycles. The molecule has 0 saturated heterocycles. The fourth-order valence-corrected chi connectivity index (χ4v) is 1.55. The van der Waals surface area contributed by atoms with Crippen LogP contribution < -0.4 is 0 Å². The predicted molar refractivity (Wildman–Crippen MR) is 66.5 cm³/mol. The molecule has 1 unspecified atom stereocenters. The number of hydrogen-bond donors (Lipinski definition) is 2. The summed E-state index contributed by atoms with van der Waals surface area (Å²) in [7, 11) is 0. The predicted octanol–water partition coefficient (Wildman–Crippen LogP) is 2.78. The first-order valence-corrected chi connectivity index (χ1v) is 5.62. The van der Waals surface area contributed by atoms with Gasteiger partial charge < -0.3 is 10.1 Å². The SMILES string of the molecule is CCC1(C)C=CC=C(C(=O)O)C1.c1c[nH]cn1. The Morgan fingerprint density at radius 1 is 1.65 bits per heavy atom. The maximum Gasteiger partial charge on any atom is 0.331 e. The molecule has 92 valence electrons. The van der Waals surface area contributed by atoms with E-state index in [1.165, 1.54) is 0 Å². The van der Waals surface area contributed by atoms with E-state index in [0.29, 0.717) is 12.0 Å². The van der Waals surface area contributed by atoms with E-state index in [0.717, 1.165) is 6.42 Å². The molecule has 0 saturated carbocycles. The van der Waals surface area contributed by atoms with Gasteiger partial charge in [0.1, 0.15) is 0 Å². The monoisotopic (exact) mass is 234 g/mol. The third-order valence-corrected chi connectivity index (χ3v) is 2.88. The molecule has 1 aromatic heterocycles. The highest BCUT2D eigenvalue weighted by Gasteiger charge is 2.25. The maximum atomic E-state index is 10.7. The van der Waals surface area contributed by atoms with Gasteiger partial charge in [-0.15, -0.1) is 0 Å². The first kappa shape index (κ1) is 13.2. The molecule has 1 atom stereocenters. The van der Waals surface area contributed by atoms with Gasteiger partial charge in [0.25, 0.3) is 0 Å². The topological polar surface area (TPSA) is 66.0 Å². The van der Waals surface area contributed by atoms with Crippen LogP contribution in [0.1, 0.15) is 26.7 Å². The Morgan fingerprint density at radius 3 is 2.82 bits per heavy atom. The Balaban J connectivity index is 0.000000239. The molecule has 1 aromatic rings. The highest BCUT2D eigenvalue weighted by atomic mass is 16.4. The zero-order chi connectivity index (χ0) is 12.7. The Kier molecular flexibility index (Phi) is 4.69. The molecule has 0 amide bonds. The Morgan fingerprint density at radius 2 is 2.41 bits per heavy atom. The fraction of sp³-hybridized carbons (Fsp3) is 0.385. The number of aromatic nitrogens is 2. The van der Waals surface area contributed by atoms with Crippen molar-refractivity contribution in [2.24, 2.45) is 5.41 Å². The molecule has 0 bridgehead atoms. The van der Waals surface area contributed by atoms with Crippen molar-refractivity contribution in [3.63, 3.8) is 0 Å². The molecule has 1 aliphatic rings.